The maximum Gasteiger partial charge on any atom is 0.199 e. The summed E-state index contributed by atoms with van der Waals surface area (Å²) in [6.45, 7) is 5.44. The summed E-state index contributed by atoms with van der Waals surface area (Å²) in [6.07, 6.45) is 7.18. The Labute approximate surface area is 178 Å². The second-order valence-corrected chi connectivity index (χ2v) is 11.5. The van der Waals surface area contributed by atoms with Crippen LogP contribution in [0.2, 0.25) is 0 Å². The lowest BCUT2D eigenvalue weighted by Gasteiger charge is -2.19. The monoisotopic (exact) mass is 429 g/mol. The van der Waals surface area contributed by atoms with Gasteiger partial charge in [0.25, 0.3) is 0 Å². The fourth-order valence-electron chi connectivity index (χ4n) is 4.60. The second-order valence-electron chi connectivity index (χ2n) is 9.50. The summed E-state index contributed by atoms with van der Waals surface area (Å²) in [6, 6.07) is 5.85. The van der Waals surface area contributed by atoms with Crippen molar-refractivity contribution in [3.8, 4) is 0 Å². The zero-order chi connectivity index (χ0) is 21.7. The van der Waals surface area contributed by atoms with Crippen LogP contribution in [0.3, 0.4) is 0 Å². The summed E-state index contributed by atoms with van der Waals surface area (Å²) < 4.78 is 26.6. The lowest BCUT2D eigenvalue weighted by molar-refractivity contribution is -0.116. The Balaban J connectivity index is 1.57. The van der Waals surface area contributed by atoms with E-state index in [1.54, 1.807) is 13.8 Å². The summed E-state index contributed by atoms with van der Waals surface area (Å²) in [5.74, 6) is 0.563. The predicted octanol–water partition coefficient (Wildman–Crippen LogP) is 4.73. The number of ketones is 1. The Morgan fingerprint density at radius 3 is 2.70 bits per heavy atom. The standard InChI is InChI=1S/C24H31NO4S/c1-15(16-7-8-16)20-10-9-17-5-4-6-21(17)22(20)12-19(26)14-30(25,28)23-11-18(13-29-23)24(2,3)27/h9-11,13,15-16,25,27H,4-8,12,14H2,1-3H3/t15-,30-/m0/s1. The maximum atomic E-state index is 13.0. The number of hydrogen-bond donors (Lipinski definition) is 2. The molecule has 0 unspecified atom stereocenters. The molecule has 1 heterocycles. The average molecular weight is 430 g/mol. The summed E-state index contributed by atoms with van der Waals surface area (Å²) in [5, 5.41) is 10.0. The molecule has 0 aliphatic heterocycles. The lowest BCUT2D eigenvalue weighted by Crippen LogP contribution is -2.19. The number of aliphatic hydroxyl groups is 1. The average Bonchev–Trinajstić information content (AvgIpc) is 3.16. The van der Waals surface area contributed by atoms with Gasteiger partial charge in [0.15, 0.2) is 10.9 Å². The van der Waals surface area contributed by atoms with E-state index in [1.165, 1.54) is 41.9 Å². The molecule has 0 bridgehead atoms. The number of nitrogens with one attached hydrogen (secondary N) is 1. The molecular formula is C24H31NO4S. The minimum absolute atomic E-state index is 0.0437. The van der Waals surface area contributed by atoms with Gasteiger partial charge in [-0.1, -0.05) is 19.1 Å². The predicted molar refractivity (Wildman–Crippen MR) is 116 cm³/mol. The van der Waals surface area contributed by atoms with E-state index in [9.17, 15) is 14.1 Å². The van der Waals surface area contributed by atoms with Crippen LogP contribution in [-0.4, -0.2) is 20.9 Å². The van der Waals surface area contributed by atoms with Gasteiger partial charge in [-0.25, -0.2) is 8.99 Å². The molecule has 4 rings (SSSR count). The van der Waals surface area contributed by atoms with Crippen molar-refractivity contribution in [2.45, 2.75) is 75.9 Å². The molecule has 2 atom stereocenters. The maximum absolute atomic E-state index is 13.0. The SMILES string of the molecule is C[C@H](c1ccc2c(c1CC(=O)C[S@](=N)(=O)c1cc(C(C)(C)O)co1)CCC2)C1CC1. The fourth-order valence-corrected chi connectivity index (χ4v) is 5.82. The minimum Gasteiger partial charge on any atom is -0.454 e. The molecule has 5 nitrogen and oxygen atoms in total. The molecule has 2 N–H and O–H groups in total. The quantitative estimate of drug-likeness (QED) is 0.635. The third kappa shape index (κ3) is 4.26. The first-order valence-electron chi connectivity index (χ1n) is 10.8. The molecule has 2 aliphatic rings. The van der Waals surface area contributed by atoms with E-state index in [2.05, 4.69) is 19.1 Å². The smallest absolute Gasteiger partial charge is 0.199 e. The van der Waals surface area contributed by atoms with E-state index < -0.39 is 15.3 Å². The number of aryl methyl sites for hydroxylation is 1. The van der Waals surface area contributed by atoms with E-state index in [0.717, 1.165) is 24.8 Å². The Bertz CT molecular complexity index is 1070. The molecule has 6 heteroatoms. The third-order valence-corrected chi connectivity index (χ3v) is 8.19. The summed E-state index contributed by atoms with van der Waals surface area (Å²) in [5.41, 5.74) is 4.29. The zero-order valence-corrected chi connectivity index (χ0v) is 18.8. The lowest BCUT2D eigenvalue weighted by atomic mass is 9.86. The minimum atomic E-state index is -3.40. The third-order valence-electron chi connectivity index (χ3n) is 6.60. The van der Waals surface area contributed by atoms with Crippen molar-refractivity contribution < 1.29 is 18.5 Å². The van der Waals surface area contributed by atoms with Crippen LogP contribution >= 0.6 is 0 Å². The number of carbonyl (C=O) groups excluding carboxylic acids is 1. The highest BCUT2D eigenvalue weighted by Crippen LogP contribution is 2.44. The van der Waals surface area contributed by atoms with Crippen molar-refractivity contribution >= 4 is 15.5 Å². The van der Waals surface area contributed by atoms with Gasteiger partial charge in [0, 0.05) is 18.1 Å². The number of benzene rings is 1. The van der Waals surface area contributed by atoms with E-state index in [0.29, 0.717) is 17.4 Å². The zero-order valence-electron chi connectivity index (χ0n) is 18.0. The van der Waals surface area contributed by atoms with Gasteiger partial charge in [-0.2, -0.15) is 0 Å². The molecule has 0 radical (unpaired) electrons. The van der Waals surface area contributed by atoms with E-state index in [-0.39, 0.29) is 23.0 Å². The molecule has 162 valence electrons. The van der Waals surface area contributed by atoms with Crippen molar-refractivity contribution in [3.05, 3.63) is 52.3 Å². The number of carbonyl (C=O) groups is 1. The van der Waals surface area contributed by atoms with Crippen LogP contribution in [0.4, 0.5) is 0 Å². The van der Waals surface area contributed by atoms with Gasteiger partial charge < -0.3 is 9.52 Å². The molecule has 1 aromatic heterocycles. The Kier molecular flexibility index (Phi) is 5.43. The van der Waals surface area contributed by atoms with Crippen LogP contribution in [-0.2, 0) is 39.4 Å². The summed E-state index contributed by atoms with van der Waals surface area (Å²) in [7, 11) is -3.40. The van der Waals surface area contributed by atoms with Crippen LogP contribution in [0.25, 0.3) is 0 Å². The Morgan fingerprint density at radius 1 is 1.33 bits per heavy atom. The molecule has 1 fully saturated rings. The fraction of sp³-hybridized carbons (Fsp3) is 0.542. The van der Waals surface area contributed by atoms with Crippen LogP contribution in [0.5, 0.6) is 0 Å². The van der Waals surface area contributed by atoms with Gasteiger partial charge >= 0.3 is 0 Å². The van der Waals surface area contributed by atoms with Crippen LogP contribution in [0.15, 0.2) is 34.0 Å². The first-order valence-corrected chi connectivity index (χ1v) is 12.5. The van der Waals surface area contributed by atoms with Gasteiger partial charge in [0.1, 0.15) is 9.73 Å². The highest BCUT2D eigenvalue weighted by molar-refractivity contribution is 7.93. The second kappa shape index (κ2) is 7.65. The van der Waals surface area contributed by atoms with Gasteiger partial charge in [-0.3, -0.25) is 4.79 Å². The number of furan rings is 1. The van der Waals surface area contributed by atoms with Crippen molar-refractivity contribution in [3.63, 3.8) is 0 Å². The molecule has 0 spiro atoms. The van der Waals surface area contributed by atoms with E-state index in [4.69, 9.17) is 9.20 Å². The molecule has 30 heavy (non-hydrogen) atoms. The normalized spacial score (nSPS) is 19.3. The molecule has 2 aromatic rings. The van der Waals surface area contributed by atoms with Gasteiger partial charge in [-0.15, -0.1) is 0 Å². The number of fused-ring (bicyclic) bond motifs is 1. The van der Waals surface area contributed by atoms with Crippen molar-refractivity contribution in [1.29, 1.82) is 4.78 Å². The topological polar surface area (TPSA) is 91.4 Å². The molecule has 1 aromatic carbocycles. The molecule has 1 saturated carbocycles. The summed E-state index contributed by atoms with van der Waals surface area (Å²) >= 11 is 0. The van der Waals surface area contributed by atoms with Gasteiger partial charge in [0.2, 0.25) is 0 Å². The largest absolute Gasteiger partial charge is 0.454 e. The highest BCUT2D eigenvalue weighted by Gasteiger charge is 2.32. The van der Waals surface area contributed by atoms with Gasteiger partial charge in [-0.05, 0) is 80.0 Å². The van der Waals surface area contributed by atoms with Gasteiger partial charge in [0.05, 0.1) is 17.6 Å². The Morgan fingerprint density at radius 2 is 2.07 bits per heavy atom. The molecule has 2 aliphatic carbocycles. The van der Waals surface area contributed by atoms with Crippen molar-refractivity contribution in [2.24, 2.45) is 5.92 Å². The molecular weight excluding hydrogens is 398 g/mol. The van der Waals surface area contributed by atoms with Crippen molar-refractivity contribution in [2.75, 3.05) is 5.75 Å². The number of rotatable bonds is 8. The highest BCUT2D eigenvalue weighted by atomic mass is 32.2. The van der Waals surface area contributed by atoms with Crippen molar-refractivity contribution in [1.82, 2.24) is 0 Å². The number of hydrogen-bond acceptors (Lipinski definition) is 5. The number of Topliss-reactive ketones (excluding diaryl/α,β-unsaturated/α-hetero) is 1. The van der Waals surface area contributed by atoms with Crippen LogP contribution in [0, 0.1) is 10.7 Å². The van der Waals surface area contributed by atoms with Crippen LogP contribution < -0.4 is 0 Å². The van der Waals surface area contributed by atoms with E-state index >= 15 is 0 Å². The van der Waals surface area contributed by atoms with E-state index in [1.807, 2.05) is 0 Å². The Hall–Kier alpha value is -1.92. The molecule has 0 amide bonds. The summed E-state index contributed by atoms with van der Waals surface area (Å²) in [4.78, 5) is 13.0. The first kappa shape index (κ1) is 21.3. The molecule has 0 saturated heterocycles. The first-order chi connectivity index (χ1) is 14.1. The van der Waals surface area contributed by atoms with Crippen LogP contribution in [0.1, 0.15) is 73.8 Å².